The van der Waals surface area contributed by atoms with Crippen molar-refractivity contribution in [1.29, 1.82) is 0 Å². The highest BCUT2D eigenvalue weighted by Crippen LogP contribution is 2.33. The van der Waals surface area contributed by atoms with Crippen LogP contribution in [0.1, 0.15) is 127 Å². The second-order valence-electron chi connectivity index (χ2n) is 14.8. The minimum Gasteiger partial charge on any atom is -0.461 e. The fourth-order valence-corrected chi connectivity index (χ4v) is 7.74. The second-order valence-corrected chi connectivity index (χ2v) is 14.8. The first-order valence-corrected chi connectivity index (χ1v) is 14.7. The van der Waals surface area contributed by atoms with E-state index in [0.29, 0.717) is 0 Å². The molecule has 2 saturated heterocycles. The van der Waals surface area contributed by atoms with Gasteiger partial charge in [-0.25, -0.2) is 0 Å². The molecule has 2 N–H and O–H groups in total. The summed E-state index contributed by atoms with van der Waals surface area (Å²) >= 11 is 0. The molecule has 2 unspecified atom stereocenters. The zero-order valence-corrected chi connectivity index (χ0v) is 25.3. The number of carbonyl (C=O) groups excluding carboxylic acids is 2. The van der Waals surface area contributed by atoms with Gasteiger partial charge in [0.25, 0.3) is 0 Å². The Morgan fingerprint density at radius 3 is 1.30 bits per heavy atom. The van der Waals surface area contributed by atoms with Crippen molar-refractivity contribution in [3.63, 3.8) is 0 Å². The summed E-state index contributed by atoms with van der Waals surface area (Å²) in [5.74, 6) is -0.458. The minimum atomic E-state index is -0.507. The van der Waals surface area contributed by atoms with E-state index in [0.717, 1.165) is 51.4 Å². The Morgan fingerprint density at radius 2 is 0.973 bits per heavy atom. The molecular formula is C30H55N3O4. The third-order valence-corrected chi connectivity index (χ3v) is 8.44. The Balaban J connectivity index is 1.73. The van der Waals surface area contributed by atoms with Crippen molar-refractivity contribution in [1.82, 2.24) is 15.5 Å². The van der Waals surface area contributed by atoms with Crippen LogP contribution in [-0.4, -0.2) is 69.3 Å². The number of carbonyl (C=O) groups is 2. The second kappa shape index (κ2) is 11.1. The summed E-state index contributed by atoms with van der Waals surface area (Å²) in [5, 5.41) is 7.31. The molecule has 1 saturated carbocycles. The van der Waals surface area contributed by atoms with Gasteiger partial charge in [0.2, 0.25) is 0 Å². The highest BCUT2D eigenvalue weighted by molar-refractivity contribution is 5.79. The number of nitrogens with zero attached hydrogens (tertiary/aromatic N) is 1. The van der Waals surface area contributed by atoms with Crippen molar-refractivity contribution in [2.75, 3.05) is 0 Å². The van der Waals surface area contributed by atoms with Crippen LogP contribution < -0.4 is 10.6 Å². The normalized spacial score (nSPS) is 27.9. The molecule has 0 amide bonds. The molecule has 0 aromatic heterocycles. The van der Waals surface area contributed by atoms with Gasteiger partial charge in [0.05, 0.1) is 0 Å². The van der Waals surface area contributed by atoms with E-state index >= 15 is 0 Å². The molecule has 3 rings (SSSR count). The van der Waals surface area contributed by atoms with Gasteiger partial charge in [0.15, 0.2) is 0 Å². The van der Waals surface area contributed by atoms with Gasteiger partial charge in [-0.05, 0) is 82.1 Å². The predicted octanol–water partition coefficient (Wildman–Crippen LogP) is 5.10. The van der Waals surface area contributed by atoms with Crippen LogP contribution in [0.3, 0.4) is 0 Å². The molecule has 2 heterocycles. The lowest BCUT2D eigenvalue weighted by Crippen LogP contribution is -2.61. The molecule has 0 bridgehead atoms. The van der Waals surface area contributed by atoms with E-state index in [1.54, 1.807) is 0 Å². The van der Waals surface area contributed by atoms with E-state index in [-0.39, 0.29) is 52.3 Å². The standard InChI is InChI=1S/C30H55N3O4/c1-20(25(34)36-23-16-27(3,4)31-28(5,6)17-23)33(22-14-12-11-13-15-22)21(2)26(35)37-24-18-29(7,8)32-30(9,10)19-24/h20-24,31-32H,11-19H2,1-10H3. The van der Waals surface area contributed by atoms with Gasteiger partial charge in [0.1, 0.15) is 24.3 Å². The number of esters is 2. The molecule has 0 aromatic rings. The smallest absolute Gasteiger partial charge is 0.323 e. The first-order chi connectivity index (χ1) is 16.9. The van der Waals surface area contributed by atoms with E-state index in [4.69, 9.17) is 9.47 Å². The van der Waals surface area contributed by atoms with Gasteiger partial charge in [-0.1, -0.05) is 19.3 Å². The monoisotopic (exact) mass is 521 g/mol. The Labute approximate surface area is 226 Å². The van der Waals surface area contributed by atoms with Gasteiger partial charge in [-0.2, -0.15) is 0 Å². The fraction of sp³-hybridized carbons (Fsp3) is 0.933. The molecular weight excluding hydrogens is 466 g/mol. The Morgan fingerprint density at radius 1 is 0.649 bits per heavy atom. The number of ether oxygens (including phenoxy) is 2. The van der Waals surface area contributed by atoms with Crippen LogP contribution in [-0.2, 0) is 19.1 Å². The van der Waals surface area contributed by atoms with Crippen LogP contribution in [0.4, 0.5) is 0 Å². The zero-order chi connectivity index (χ0) is 27.8. The third-order valence-electron chi connectivity index (χ3n) is 8.44. The van der Waals surface area contributed by atoms with E-state index in [2.05, 4.69) is 70.9 Å². The third kappa shape index (κ3) is 8.40. The molecule has 37 heavy (non-hydrogen) atoms. The van der Waals surface area contributed by atoms with Crippen LogP contribution in [0, 0.1) is 0 Å². The largest absolute Gasteiger partial charge is 0.461 e. The van der Waals surface area contributed by atoms with Gasteiger partial charge < -0.3 is 20.1 Å². The quantitative estimate of drug-likeness (QED) is 0.451. The Bertz CT molecular complexity index is 726. The van der Waals surface area contributed by atoms with Crippen LogP contribution in [0.2, 0.25) is 0 Å². The number of rotatable bonds is 7. The van der Waals surface area contributed by atoms with E-state index in [9.17, 15) is 9.59 Å². The van der Waals surface area contributed by atoms with Crippen LogP contribution in [0.5, 0.6) is 0 Å². The first kappa shape index (κ1) is 30.4. The van der Waals surface area contributed by atoms with Crippen LogP contribution in [0.25, 0.3) is 0 Å². The van der Waals surface area contributed by atoms with Crippen LogP contribution >= 0.6 is 0 Å². The van der Waals surface area contributed by atoms with E-state index in [1.165, 1.54) is 6.42 Å². The summed E-state index contributed by atoms with van der Waals surface area (Å²) in [6.07, 6.45) is 8.26. The molecule has 3 fully saturated rings. The van der Waals surface area contributed by atoms with Crippen molar-refractivity contribution in [3.05, 3.63) is 0 Å². The Hall–Kier alpha value is -1.18. The summed E-state index contributed by atoms with van der Waals surface area (Å²) in [7, 11) is 0. The topological polar surface area (TPSA) is 79.9 Å². The Kier molecular flexibility index (Phi) is 9.13. The van der Waals surface area contributed by atoms with Gasteiger partial charge in [-0.3, -0.25) is 14.5 Å². The molecule has 0 aromatic carbocycles. The van der Waals surface area contributed by atoms with Crippen molar-refractivity contribution in [3.8, 4) is 0 Å². The summed E-state index contributed by atoms with van der Waals surface area (Å²) in [6.45, 7) is 21.1. The lowest BCUT2D eigenvalue weighted by Gasteiger charge is -2.47. The molecule has 0 spiro atoms. The summed E-state index contributed by atoms with van der Waals surface area (Å²) < 4.78 is 12.3. The molecule has 3 aliphatic rings. The molecule has 214 valence electrons. The first-order valence-electron chi connectivity index (χ1n) is 14.7. The highest BCUT2D eigenvalue weighted by Gasteiger charge is 2.44. The van der Waals surface area contributed by atoms with Crippen LogP contribution in [0.15, 0.2) is 0 Å². The summed E-state index contributed by atoms with van der Waals surface area (Å²) in [5.41, 5.74) is -0.419. The van der Waals surface area contributed by atoms with Gasteiger partial charge in [0, 0.05) is 53.9 Å². The average Bonchev–Trinajstić information content (AvgIpc) is 2.69. The van der Waals surface area contributed by atoms with Crippen molar-refractivity contribution in [2.24, 2.45) is 0 Å². The number of piperidine rings is 2. The maximum atomic E-state index is 13.6. The van der Waals surface area contributed by atoms with Gasteiger partial charge >= 0.3 is 11.9 Å². The molecule has 2 atom stereocenters. The predicted molar refractivity (Wildman–Crippen MR) is 148 cm³/mol. The maximum absolute atomic E-state index is 13.6. The average molecular weight is 522 g/mol. The van der Waals surface area contributed by atoms with E-state index in [1.807, 2.05) is 13.8 Å². The molecule has 1 aliphatic carbocycles. The van der Waals surface area contributed by atoms with Crippen molar-refractivity contribution in [2.45, 2.75) is 180 Å². The zero-order valence-electron chi connectivity index (χ0n) is 25.3. The SMILES string of the molecule is CC(C(=O)OC1CC(C)(C)NC(C)(C)C1)N(C1CCCCC1)C(C)C(=O)OC1CC(C)(C)NC(C)(C)C1. The van der Waals surface area contributed by atoms with E-state index < -0.39 is 12.1 Å². The lowest BCUT2D eigenvalue weighted by atomic mass is 9.81. The molecule has 7 heteroatoms. The summed E-state index contributed by atoms with van der Waals surface area (Å²) in [6, 6.07) is -0.832. The van der Waals surface area contributed by atoms with Crippen molar-refractivity contribution < 1.29 is 19.1 Å². The number of nitrogens with one attached hydrogen (secondary N) is 2. The summed E-state index contributed by atoms with van der Waals surface area (Å²) in [4.78, 5) is 29.2. The minimum absolute atomic E-state index is 0.105. The number of hydrogen-bond donors (Lipinski definition) is 2. The maximum Gasteiger partial charge on any atom is 0.323 e. The highest BCUT2D eigenvalue weighted by atomic mass is 16.6. The lowest BCUT2D eigenvalue weighted by molar-refractivity contribution is -0.168. The van der Waals surface area contributed by atoms with Crippen molar-refractivity contribution >= 4 is 11.9 Å². The molecule has 2 aliphatic heterocycles. The van der Waals surface area contributed by atoms with Gasteiger partial charge in [-0.15, -0.1) is 0 Å². The molecule has 7 nitrogen and oxygen atoms in total. The fourth-order valence-electron chi connectivity index (χ4n) is 7.74. The molecule has 0 radical (unpaired) electrons. The number of hydrogen-bond acceptors (Lipinski definition) is 7.